The Balaban J connectivity index is 1.42. The first kappa shape index (κ1) is 19.6. The number of carbonyl (C=O) groups is 2. The molecule has 0 aromatic carbocycles. The molecule has 2 amide bonds. The SMILES string of the molecule is CO/N=C(/C(=O)NC1C(=O)N2C=C(/C=C/c3nccs3)CS[C@H]12)c1csc(N)n1. The van der Waals surface area contributed by atoms with Crippen molar-refractivity contribution in [1.29, 1.82) is 0 Å². The van der Waals surface area contributed by atoms with Crippen LogP contribution in [0.15, 0.2) is 40.0 Å². The first-order valence-corrected chi connectivity index (χ1v) is 11.2. The van der Waals surface area contributed by atoms with E-state index in [1.165, 1.54) is 18.4 Å². The Kier molecular flexibility index (Phi) is 5.65. The molecule has 1 fully saturated rings. The molecule has 0 radical (unpaired) electrons. The standard InChI is InChI=1S/C17H16N6O3S3/c1-26-22-12(10-8-29-17(18)20-10)14(24)21-13-15(25)23-6-9(7-28-16(13)23)2-3-11-19-4-5-27-11/h2-6,8,13,16H,7H2,1H3,(H2,18,20)(H,21,24)/b3-2+,22-12+/t13?,16-/m1/s1. The summed E-state index contributed by atoms with van der Waals surface area (Å²) < 4.78 is 0. The summed E-state index contributed by atoms with van der Waals surface area (Å²) in [5.41, 5.74) is 6.93. The van der Waals surface area contributed by atoms with Crippen molar-refractivity contribution in [3.05, 3.63) is 45.5 Å². The Morgan fingerprint density at radius 2 is 2.31 bits per heavy atom. The Hall–Kier alpha value is -2.70. The summed E-state index contributed by atoms with van der Waals surface area (Å²) >= 11 is 4.32. The van der Waals surface area contributed by atoms with Crippen LogP contribution in [0, 0.1) is 0 Å². The van der Waals surface area contributed by atoms with Gasteiger partial charge in [0.2, 0.25) is 0 Å². The van der Waals surface area contributed by atoms with Crippen LogP contribution in [-0.4, -0.2) is 56.7 Å². The molecule has 3 N–H and O–H groups in total. The number of amides is 2. The zero-order valence-electron chi connectivity index (χ0n) is 15.1. The maximum atomic E-state index is 12.7. The summed E-state index contributed by atoms with van der Waals surface area (Å²) in [6.45, 7) is 0. The van der Waals surface area contributed by atoms with Gasteiger partial charge in [0, 0.05) is 28.9 Å². The van der Waals surface area contributed by atoms with Gasteiger partial charge in [0.25, 0.3) is 11.8 Å². The van der Waals surface area contributed by atoms with Gasteiger partial charge in [-0.25, -0.2) is 9.97 Å². The summed E-state index contributed by atoms with van der Waals surface area (Å²) in [6, 6.07) is -0.633. The first-order chi connectivity index (χ1) is 14.1. The van der Waals surface area contributed by atoms with Gasteiger partial charge in [0.05, 0.1) is 0 Å². The highest BCUT2D eigenvalue weighted by Gasteiger charge is 2.49. The lowest BCUT2D eigenvalue weighted by Crippen LogP contribution is -2.69. The molecule has 4 rings (SSSR count). The largest absolute Gasteiger partial charge is 0.398 e. The van der Waals surface area contributed by atoms with E-state index in [1.807, 2.05) is 23.7 Å². The molecule has 2 aliphatic rings. The van der Waals surface area contributed by atoms with Crippen molar-refractivity contribution in [2.75, 3.05) is 18.6 Å². The number of fused-ring (bicyclic) bond motifs is 1. The molecule has 0 bridgehead atoms. The third-order valence-electron chi connectivity index (χ3n) is 4.15. The number of nitrogen functional groups attached to an aromatic ring is 1. The first-order valence-electron chi connectivity index (χ1n) is 8.42. The van der Waals surface area contributed by atoms with E-state index >= 15 is 0 Å². The lowest BCUT2D eigenvalue weighted by molar-refractivity contribution is -0.143. The molecule has 2 aromatic heterocycles. The summed E-state index contributed by atoms with van der Waals surface area (Å²) in [5.74, 6) is 0.0177. The molecule has 2 atom stereocenters. The lowest BCUT2D eigenvalue weighted by Gasteiger charge is -2.47. The van der Waals surface area contributed by atoms with E-state index in [-0.39, 0.29) is 17.0 Å². The van der Waals surface area contributed by atoms with Crippen molar-refractivity contribution in [1.82, 2.24) is 20.2 Å². The molecule has 4 heterocycles. The van der Waals surface area contributed by atoms with E-state index in [0.717, 1.165) is 16.3 Å². The van der Waals surface area contributed by atoms with Crippen molar-refractivity contribution < 1.29 is 14.4 Å². The average molecular weight is 449 g/mol. The van der Waals surface area contributed by atoms with Crippen LogP contribution < -0.4 is 11.1 Å². The van der Waals surface area contributed by atoms with Gasteiger partial charge in [-0.3, -0.25) is 9.59 Å². The molecular formula is C17H16N6O3S3. The zero-order chi connectivity index (χ0) is 20.4. The van der Waals surface area contributed by atoms with Crippen LogP contribution in [-0.2, 0) is 14.4 Å². The number of aromatic nitrogens is 2. The number of β-lactam (4-membered cyclic amide) rings is 1. The van der Waals surface area contributed by atoms with E-state index in [4.69, 9.17) is 10.6 Å². The number of oxime groups is 1. The molecule has 150 valence electrons. The van der Waals surface area contributed by atoms with Crippen LogP contribution in [0.3, 0.4) is 0 Å². The number of hydrogen-bond donors (Lipinski definition) is 2. The molecular weight excluding hydrogens is 432 g/mol. The molecule has 0 spiro atoms. The van der Waals surface area contributed by atoms with E-state index in [0.29, 0.717) is 10.8 Å². The Bertz CT molecular complexity index is 1010. The highest BCUT2D eigenvalue weighted by Crippen LogP contribution is 2.36. The van der Waals surface area contributed by atoms with Crippen molar-refractivity contribution >= 4 is 63.2 Å². The molecule has 2 aromatic rings. The second kappa shape index (κ2) is 8.35. The van der Waals surface area contributed by atoms with Crippen LogP contribution in [0.2, 0.25) is 0 Å². The van der Waals surface area contributed by atoms with Gasteiger partial charge in [-0.1, -0.05) is 11.2 Å². The topological polar surface area (TPSA) is 123 Å². The predicted octanol–water partition coefficient (Wildman–Crippen LogP) is 1.53. The summed E-state index contributed by atoms with van der Waals surface area (Å²) in [4.78, 5) is 39.8. The number of allylic oxidation sites excluding steroid dienone is 1. The predicted molar refractivity (Wildman–Crippen MR) is 114 cm³/mol. The smallest absolute Gasteiger partial charge is 0.276 e. The van der Waals surface area contributed by atoms with E-state index in [1.54, 1.807) is 39.6 Å². The van der Waals surface area contributed by atoms with Crippen molar-refractivity contribution in [3.8, 4) is 0 Å². The van der Waals surface area contributed by atoms with Crippen molar-refractivity contribution in [3.63, 3.8) is 0 Å². The summed E-state index contributed by atoms with van der Waals surface area (Å²) in [6.07, 6.45) is 7.45. The number of nitrogens with zero attached hydrogens (tertiary/aromatic N) is 4. The fourth-order valence-electron chi connectivity index (χ4n) is 2.82. The van der Waals surface area contributed by atoms with Crippen LogP contribution in [0.25, 0.3) is 6.08 Å². The normalized spacial score (nSPS) is 21.6. The number of anilines is 1. The molecule has 0 aliphatic carbocycles. The molecule has 1 saturated heterocycles. The third-order valence-corrected chi connectivity index (χ3v) is 6.90. The molecule has 0 saturated carbocycles. The average Bonchev–Trinajstić information content (AvgIpc) is 3.40. The highest BCUT2D eigenvalue weighted by molar-refractivity contribution is 8.00. The van der Waals surface area contributed by atoms with E-state index in [9.17, 15) is 9.59 Å². The molecule has 29 heavy (non-hydrogen) atoms. The van der Waals surface area contributed by atoms with Crippen molar-refractivity contribution in [2.24, 2.45) is 5.16 Å². The minimum atomic E-state index is -0.633. The number of thioether (sulfide) groups is 1. The number of rotatable bonds is 6. The summed E-state index contributed by atoms with van der Waals surface area (Å²) in [5, 5.41) is 11.1. The lowest BCUT2D eigenvalue weighted by atomic mass is 10.1. The molecule has 9 nitrogen and oxygen atoms in total. The molecule has 1 unspecified atom stereocenters. The van der Waals surface area contributed by atoms with Gasteiger partial charge in [0.1, 0.15) is 29.2 Å². The van der Waals surface area contributed by atoms with Gasteiger partial charge < -0.3 is 20.8 Å². The van der Waals surface area contributed by atoms with Gasteiger partial charge in [-0.2, -0.15) is 0 Å². The maximum absolute atomic E-state index is 12.7. The highest BCUT2D eigenvalue weighted by atomic mass is 32.2. The number of carbonyl (C=O) groups excluding carboxylic acids is 2. The Morgan fingerprint density at radius 1 is 1.45 bits per heavy atom. The van der Waals surface area contributed by atoms with Gasteiger partial charge in [-0.05, 0) is 11.6 Å². The Labute approximate surface area is 178 Å². The maximum Gasteiger partial charge on any atom is 0.276 e. The van der Waals surface area contributed by atoms with Crippen LogP contribution in [0.5, 0.6) is 0 Å². The monoisotopic (exact) mass is 448 g/mol. The number of nitrogens with one attached hydrogen (secondary N) is 1. The van der Waals surface area contributed by atoms with Crippen LogP contribution >= 0.6 is 34.4 Å². The fraction of sp³-hybridized carbons (Fsp3) is 0.235. The number of nitrogens with two attached hydrogens (primary N) is 1. The molecule has 12 heteroatoms. The van der Waals surface area contributed by atoms with Crippen LogP contribution in [0.1, 0.15) is 10.7 Å². The second-order valence-electron chi connectivity index (χ2n) is 6.00. The minimum absolute atomic E-state index is 0.0184. The van der Waals surface area contributed by atoms with Gasteiger partial charge in [0.15, 0.2) is 10.8 Å². The van der Waals surface area contributed by atoms with Crippen molar-refractivity contribution in [2.45, 2.75) is 11.4 Å². The van der Waals surface area contributed by atoms with Crippen LogP contribution in [0.4, 0.5) is 5.13 Å². The number of hydrogen-bond acceptors (Lipinski definition) is 10. The minimum Gasteiger partial charge on any atom is -0.398 e. The third kappa shape index (κ3) is 4.04. The summed E-state index contributed by atoms with van der Waals surface area (Å²) in [7, 11) is 1.34. The zero-order valence-corrected chi connectivity index (χ0v) is 17.6. The van der Waals surface area contributed by atoms with Gasteiger partial charge in [-0.15, -0.1) is 34.4 Å². The quantitative estimate of drug-likeness (QED) is 0.390. The fourth-order valence-corrected chi connectivity index (χ4v) is 5.13. The van der Waals surface area contributed by atoms with E-state index in [2.05, 4.69) is 20.4 Å². The second-order valence-corrected chi connectivity index (χ2v) is 8.92. The molecule has 2 aliphatic heterocycles. The number of thiazole rings is 2. The Morgan fingerprint density at radius 3 is 3.00 bits per heavy atom. The van der Waals surface area contributed by atoms with Gasteiger partial charge >= 0.3 is 0 Å². The van der Waals surface area contributed by atoms with E-state index < -0.39 is 11.9 Å².